The summed E-state index contributed by atoms with van der Waals surface area (Å²) in [6, 6.07) is 14.0. The van der Waals surface area contributed by atoms with E-state index in [9.17, 15) is 14.9 Å². The molecule has 4 rings (SSSR count). The molecule has 3 aromatic rings. The summed E-state index contributed by atoms with van der Waals surface area (Å²) in [5.41, 5.74) is -0.187. The quantitative estimate of drug-likeness (QED) is 0.455. The summed E-state index contributed by atoms with van der Waals surface area (Å²) in [5.74, 6) is 0.415. The molecule has 1 aromatic carbocycles. The van der Waals surface area contributed by atoms with Crippen LogP contribution in [-0.2, 0) is 4.79 Å². The number of rotatable bonds is 5. The van der Waals surface area contributed by atoms with Crippen LogP contribution in [0.25, 0.3) is 11.7 Å². The molecule has 0 atom stereocenters. The van der Waals surface area contributed by atoms with E-state index in [0.29, 0.717) is 30.2 Å². The van der Waals surface area contributed by atoms with E-state index in [4.69, 9.17) is 9.47 Å². The maximum absolute atomic E-state index is 13.3. The number of nitriles is 1. The van der Waals surface area contributed by atoms with Gasteiger partial charge >= 0.3 is 0 Å². The summed E-state index contributed by atoms with van der Waals surface area (Å²) in [6.45, 7) is 1.19. The first-order valence-corrected chi connectivity index (χ1v) is 10.4. The lowest BCUT2D eigenvalue weighted by atomic mass is 10.1. The standard InChI is InChI=1S/C24H22N4O4/c1-31-19-9-3-4-10-20(19)32-22-18(24(30)28-14-8-5-11-21(28)26-22)15-17(16-25)23(29)27-12-6-2-7-13-27/h3-5,8-11,14-15H,2,6-7,12-13H2,1H3/b17-15+. The van der Waals surface area contributed by atoms with Crippen LogP contribution in [0.5, 0.6) is 17.4 Å². The largest absolute Gasteiger partial charge is 0.493 e. The first-order chi connectivity index (χ1) is 15.6. The number of carbonyl (C=O) groups is 1. The van der Waals surface area contributed by atoms with E-state index >= 15 is 0 Å². The number of carbonyl (C=O) groups excluding carboxylic acids is 1. The highest BCUT2D eigenvalue weighted by Gasteiger charge is 2.23. The number of amides is 1. The summed E-state index contributed by atoms with van der Waals surface area (Å²) < 4.78 is 12.6. The van der Waals surface area contributed by atoms with Crippen LogP contribution in [0.15, 0.2) is 59.0 Å². The molecule has 1 fully saturated rings. The highest BCUT2D eigenvalue weighted by Crippen LogP contribution is 2.32. The van der Waals surface area contributed by atoms with Gasteiger partial charge in [0, 0.05) is 19.3 Å². The minimum absolute atomic E-state index is 0.00936. The van der Waals surface area contributed by atoms with Crippen molar-refractivity contribution in [3.8, 4) is 23.4 Å². The van der Waals surface area contributed by atoms with E-state index in [2.05, 4.69) is 4.98 Å². The van der Waals surface area contributed by atoms with E-state index in [1.54, 1.807) is 53.6 Å². The van der Waals surface area contributed by atoms with Crippen molar-refractivity contribution in [3.63, 3.8) is 0 Å². The summed E-state index contributed by atoms with van der Waals surface area (Å²) in [6.07, 6.45) is 5.70. The molecule has 1 aliphatic heterocycles. The van der Waals surface area contributed by atoms with Crippen LogP contribution in [0, 0.1) is 11.3 Å². The molecule has 162 valence electrons. The highest BCUT2D eigenvalue weighted by molar-refractivity contribution is 6.02. The highest BCUT2D eigenvalue weighted by atomic mass is 16.5. The number of benzene rings is 1. The zero-order valence-corrected chi connectivity index (χ0v) is 17.7. The van der Waals surface area contributed by atoms with Crippen molar-refractivity contribution in [1.82, 2.24) is 14.3 Å². The van der Waals surface area contributed by atoms with Crippen molar-refractivity contribution in [2.24, 2.45) is 0 Å². The molecule has 0 saturated carbocycles. The van der Waals surface area contributed by atoms with Crippen molar-refractivity contribution in [3.05, 3.63) is 70.2 Å². The molecule has 1 amide bonds. The molecule has 0 bridgehead atoms. The number of pyridine rings is 1. The Kier molecular flexibility index (Phi) is 6.17. The van der Waals surface area contributed by atoms with Crippen LogP contribution in [0.4, 0.5) is 0 Å². The Morgan fingerprint density at radius 2 is 1.81 bits per heavy atom. The third-order valence-corrected chi connectivity index (χ3v) is 5.29. The SMILES string of the molecule is COc1ccccc1Oc1nc2ccccn2c(=O)c1/C=C(\C#N)C(=O)N1CCCCC1. The number of para-hydroxylation sites is 2. The van der Waals surface area contributed by atoms with Gasteiger partial charge in [0.1, 0.15) is 22.9 Å². The maximum Gasteiger partial charge on any atom is 0.269 e. The number of piperidine rings is 1. The Balaban J connectivity index is 1.85. The van der Waals surface area contributed by atoms with E-state index in [0.717, 1.165) is 19.3 Å². The topological polar surface area (TPSA) is 96.9 Å². The molecule has 1 aliphatic rings. The summed E-state index contributed by atoms with van der Waals surface area (Å²) in [7, 11) is 1.51. The summed E-state index contributed by atoms with van der Waals surface area (Å²) in [4.78, 5) is 32.3. The number of nitrogens with zero attached hydrogens (tertiary/aromatic N) is 4. The lowest BCUT2D eigenvalue weighted by Crippen LogP contribution is -2.36. The Labute approximate surface area is 184 Å². The molecule has 0 N–H and O–H groups in total. The predicted molar refractivity (Wildman–Crippen MR) is 119 cm³/mol. The molecule has 0 aliphatic carbocycles. The maximum atomic E-state index is 13.3. The zero-order valence-electron chi connectivity index (χ0n) is 17.7. The number of ether oxygens (including phenoxy) is 2. The average Bonchev–Trinajstić information content (AvgIpc) is 2.84. The van der Waals surface area contributed by atoms with Gasteiger partial charge in [0.25, 0.3) is 11.5 Å². The number of aromatic nitrogens is 2. The van der Waals surface area contributed by atoms with Gasteiger partial charge in [-0.2, -0.15) is 10.2 Å². The van der Waals surface area contributed by atoms with Gasteiger partial charge in [0.15, 0.2) is 11.5 Å². The third kappa shape index (κ3) is 4.18. The second-order valence-electron chi connectivity index (χ2n) is 7.34. The molecule has 1 saturated heterocycles. The Morgan fingerprint density at radius 3 is 2.53 bits per heavy atom. The molecule has 0 unspecified atom stereocenters. The van der Waals surface area contributed by atoms with Crippen LogP contribution in [0.3, 0.4) is 0 Å². The van der Waals surface area contributed by atoms with Crippen LogP contribution in [-0.4, -0.2) is 40.4 Å². The molecule has 8 nitrogen and oxygen atoms in total. The average molecular weight is 430 g/mol. The lowest BCUT2D eigenvalue weighted by molar-refractivity contribution is -0.127. The van der Waals surface area contributed by atoms with E-state index in [1.165, 1.54) is 17.6 Å². The van der Waals surface area contributed by atoms with Gasteiger partial charge in [-0.15, -0.1) is 0 Å². The first kappa shape index (κ1) is 21.1. The first-order valence-electron chi connectivity index (χ1n) is 10.4. The molecule has 32 heavy (non-hydrogen) atoms. The fourth-order valence-corrected chi connectivity index (χ4v) is 3.64. The van der Waals surface area contributed by atoms with Gasteiger partial charge in [0.2, 0.25) is 5.88 Å². The van der Waals surface area contributed by atoms with Crippen molar-refractivity contribution in [2.45, 2.75) is 19.3 Å². The Morgan fingerprint density at radius 1 is 1.09 bits per heavy atom. The van der Waals surface area contributed by atoms with Gasteiger partial charge in [-0.3, -0.25) is 14.0 Å². The van der Waals surface area contributed by atoms with Crippen molar-refractivity contribution in [2.75, 3.05) is 20.2 Å². The summed E-state index contributed by atoms with van der Waals surface area (Å²) in [5, 5.41) is 9.70. The number of hydrogen-bond acceptors (Lipinski definition) is 6. The van der Waals surface area contributed by atoms with Crippen molar-refractivity contribution in [1.29, 1.82) is 5.26 Å². The lowest BCUT2D eigenvalue weighted by Gasteiger charge is -2.26. The number of methoxy groups -OCH3 is 1. The molecule has 0 radical (unpaired) electrons. The van der Waals surface area contributed by atoms with Crippen LogP contribution in [0.1, 0.15) is 24.8 Å². The van der Waals surface area contributed by atoms with Crippen molar-refractivity contribution < 1.29 is 14.3 Å². The molecular formula is C24H22N4O4. The van der Waals surface area contributed by atoms with Gasteiger partial charge in [0.05, 0.1) is 7.11 Å². The fourth-order valence-electron chi connectivity index (χ4n) is 3.64. The van der Waals surface area contributed by atoms with Gasteiger partial charge in [-0.05, 0) is 49.6 Å². The molecule has 8 heteroatoms. The van der Waals surface area contributed by atoms with Crippen LogP contribution in [0.2, 0.25) is 0 Å². The van der Waals surface area contributed by atoms with Gasteiger partial charge in [-0.25, -0.2) is 0 Å². The van der Waals surface area contributed by atoms with Gasteiger partial charge < -0.3 is 14.4 Å². The van der Waals surface area contributed by atoms with E-state index < -0.39 is 11.5 Å². The minimum atomic E-state index is -0.445. The second kappa shape index (κ2) is 9.35. The monoisotopic (exact) mass is 430 g/mol. The molecule has 0 spiro atoms. The third-order valence-electron chi connectivity index (χ3n) is 5.29. The minimum Gasteiger partial charge on any atom is -0.493 e. The zero-order chi connectivity index (χ0) is 22.5. The molecular weight excluding hydrogens is 408 g/mol. The Hall–Kier alpha value is -4.12. The van der Waals surface area contributed by atoms with Gasteiger partial charge in [-0.1, -0.05) is 18.2 Å². The van der Waals surface area contributed by atoms with Crippen LogP contribution < -0.4 is 15.0 Å². The predicted octanol–water partition coefficient (Wildman–Crippen LogP) is 3.41. The van der Waals surface area contributed by atoms with Crippen LogP contribution >= 0.6 is 0 Å². The fraction of sp³-hybridized carbons (Fsp3) is 0.250. The molecule has 3 heterocycles. The smallest absolute Gasteiger partial charge is 0.269 e. The normalized spacial score (nSPS) is 14.1. The number of hydrogen-bond donors (Lipinski definition) is 0. The van der Waals surface area contributed by atoms with E-state index in [1.807, 2.05) is 6.07 Å². The number of likely N-dealkylation sites (tertiary alicyclic amines) is 1. The van der Waals surface area contributed by atoms with E-state index in [-0.39, 0.29) is 17.0 Å². The second-order valence-corrected chi connectivity index (χ2v) is 7.34. The number of fused-ring (bicyclic) bond motifs is 1. The molecule has 2 aromatic heterocycles. The van der Waals surface area contributed by atoms with Crippen molar-refractivity contribution >= 4 is 17.6 Å². The summed E-state index contributed by atoms with van der Waals surface area (Å²) >= 11 is 0. The Bertz CT molecular complexity index is 1280.